The number of carbonyl (C=O) groups excluding carboxylic acids is 1. The molecule has 0 unspecified atom stereocenters. The summed E-state index contributed by atoms with van der Waals surface area (Å²) < 4.78 is 16.7. The number of fused-ring (bicyclic) bond motifs is 4. The summed E-state index contributed by atoms with van der Waals surface area (Å²) in [6, 6.07) is 23.5. The first-order valence-corrected chi connectivity index (χ1v) is 11.2. The van der Waals surface area contributed by atoms with Crippen LogP contribution >= 0.6 is 0 Å². The van der Waals surface area contributed by atoms with Crippen molar-refractivity contribution in [1.29, 1.82) is 0 Å². The maximum absolute atomic E-state index is 13.3. The average Bonchev–Trinajstić information content (AvgIpc) is 3.48. The van der Waals surface area contributed by atoms with Gasteiger partial charge in [0.05, 0.1) is 12.6 Å². The molecule has 166 valence electrons. The quantitative estimate of drug-likeness (QED) is 0.452. The number of ether oxygens (including phenoxy) is 3. The first-order valence-electron chi connectivity index (χ1n) is 11.2. The van der Waals surface area contributed by atoms with Gasteiger partial charge in [0.15, 0.2) is 11.5 Å². The molecular formula is C27H24N2O4. The largest absolute Gasteiger partial charge is 0.465 e. The molecule has 0 radical (unpaired) electrons. The van der Waals surface area contributed by atoms with Crippen LogP contribution in [0.3, 0.4) is 0 Å². The van der Waals surface area contributed by atoms with Gasteiger partial charge in [0, 0.05) is 22.5 Å². The number of benzene rings is 3. The molecule has 6 heteroatoms. The van der Waals surface area contributed by atoms with Crippen molar-refractivity contribution in [3.05, 3.63) is 95.2 Å². The normalized spacial score (nSPS) is 21.1. The lowest BCUT2D eigenvalue weighted by Gasteiger charge is -2.37. The van der Waals surface area contributed by atoms with Crippen LogP contribution in [0.15, 0.2) is 72.8 Å². The second kappa shape index (κ2) is 7.98. The van der Waals surface area contributed by atoms with Crippen molar-refractivity contribution >= 4 is 16.9 Å². The highest BCUT2D eigenvalue weighted by Crippen LogP contribution is 2.45. The van der Waals surface area contributed by atoms with Gasteiger partial charge < -0.3 is 19.2 Å². The molecule has 0 spiro atoms. The Bertz CT molecular complexity index is 1330. The topological polar surface area (TPSA) is 72.6 Å². The van der Waals surface area contributed by atoms with Gasteiger partial charge in [0.25, 0.3) is 0 Å². The first kappa shape index (κ1) is 19.9. The van der Waals surface area contributed by atoms with Crippen LogP contribution < -0.4 is 14.8 Å². The fourth-order valence-electron chi connectivity index (χ4n) is 5.08. The lowest BCUT2D eigenvalue weighted by Crippen LogP contribution is -2.49. The van der Waals surface area contributed by atoms with Gasteiger partial charge in [-0.3, -0.25) is 10.1 Å². The van der Waals surface area contributed by atoms with E-state index in [4.69, 9.17) is 14.2 Å². The smallest absolute Gasteiger partial charge is 0.324 e. The standard InChI is InChI=1S/C27H24N2O4/c1-2-31-27(30)26-22(16-8-4-3-5-9-16)23-18-10-6-7-11-19(18)28-25(23)24(29-26)17-12-13-20-21(14-17)33-15-32-20/h3-14,22,24,26,28-29H,2,15H2,1H3/t22-,24-,26-/m1/s1. The van der Waals surface area contributed by atoms with Crippen molar-refractivity contribution in [3.8, 4) is 11.5 Å². The SMILES string of the molecule is CCOC(=O)[C@@H]1N[C@H](c2ccc3c(c2)OCO3)c2[nH]c3ccccc3c2[C@H]1c1ccccc1. The summed E-state index contributed by atoms with van der Waals surface area (Å²) in [6.45, 7) is 2.38. The number of nitrogens with one attached hydrogen (secondary N) is 2. The van der Waals surface area contributed by atoms with Gasteiger partial charge in [-0.05, 0) is 41.8 Å². The van der Waals surface area contributed by atoms with Crippen molar-refractivity contribution in [2.24, 2.45) is 0 Å². The van der Waals surface area contributed by atoms with Crippen LogP contribution in [0.25, 0.3) is 10.9 Å². The van der Waals surface area contributed by atoms with Crippen molar-refractivity contribution in [1.82, 2.24) is 10.3 Å². The molecule has 6 rings (SSSR count). The van der Waals surface area contributed by atoms with Crippen molar-refractivity contribution in [2.45, 2.75) is 24.9 Å². The lowest BCUT2D eigenvalue weighted by atomic mass is 9.78. The van der Waals surface area contributed by atoms with E-state index in [1.165, 1.54) is 0 Å². The van der Waals surface area contributed by atoms with Crippen LogP contribution in [0.4, 0.5) is 0 Å². The molecule has 0 saturated carbocycles. The number of carbonyl (C=O) groups is 1. The average molecular weight is 440 g/mol. The Balaban J connectivity index is 1.58. The van der Waals surface area contributed by atoms with E-state index < -0.39 is 6.04 Å². The molecule has 6 nitrogen and oxygen atoms in total. The second-order valence-corrected chi connectivity index (χ2v) is 8.33. The highest BCUT2D eigenvalue weighted by molar-refractivity contribution is 5.89. The highest BCUT2D eigenvalue weighted by atomic mass is 16.7. The minimum Gasteiger partial charge on any atom is -0.465 e. The summed E-state index contributed by atoms with van der Waals surface area (Å²) in [5.74, 6) is 0.995. The maximum Gasteiger partial charge on any atom is 0.324 e. The zero-order valence-electron chi connectivity index (χ0n) is 18.2. The predicted molar refractivity (Wildman–Crippen MR) is 125 cm³/mol. The highest BCUT2D eigenvalue weighted by Gasteiger charge is 2.43. The zero-order chi connectivity index (χ0) is 22.4. The van der Waals surface area contributed by atoms with Gasteiger partial charge in [-0.15, -0.1) is 0 Å². The Labute approximate surface area is 191 Å². The summed E-state index contributed by atoms with van der Waals surface area (Å²) in [6.07, 6.45) is 0. The third-order valence-electron chi connectivity index (χ3n) is 6.49. The van der Waals surface area contributed by atoms with Crippen LogP contribution in [0, 0.1) is 0 Å². The minimum absolute atomic E-state index is 0.193. The maximum atomic E-state index is 13.3. The molecule has 2 aliphatic rings. The van der Waals surface area contributed by atoms with Gasteiger partial charge in [-0.1, -0.05) is 54.6 Å². The Kier molecular flexibility index (Phi) is 4.80. The molecule has 3 heterocycles. The van der Waals surface area contributed by atoms with Crippen LogP contribution in [-0.2, 0) is 9.53 Å². The van der Waals surface area contributed by atoms with E-state index in [0.717, 1.165) is 39.0 Å². The van der Waals surface area contributed by atoms with Gasteiger partial charge >= 0.3 is 5.97 Å². The van der Waals surface area contributed by atoms with E-state index in [0.29, 0.717) is 12.4 Å². The van der Waals surface area contributed by atoms with Gasteiger partial charge in [0.1, 0.15) is 6.04 Å². The number of aromatic amines is 1. The summed E-state index contributed by atoms with van der Waals surface area (Å²) in [5.41, 5.74) is 5.27. The second-order valence-electron chi connectivity index (χ2n) is 8.33. The van der Waals surface area contributed by atoms with Crippen molar-refractivity contribution < 1.29 is 19.0 Å². The number of esters is 1. The monoisotopic (exact) mass is 440 g/mol. The summed E-state index contributed by atoms with van der Waals surface area (Å²) in [5, 5.41) is 4.72. The third-order valence-corrected chi connectivity index (χ3v) is 6.49. The van der Waals surface area contributed by atoms with E-state index in [1.807, 2.05) is 55.5 Å². The van der Waals surface area contributed by atoms with E-state index in [1.54, 1.807) is 0 Å². The fraction of sp³-hybridized carbons (Fsp3) is 0.222. The summed E-state index contributed by atoms with van der Waals surface area (Å²) >= 11 is 0. The van der Waals surface area contributed by atoms with Crippen LogP contribution in [0.5, 0.6) is 11.5 Å². The van der Waals surface area contributed by atoms with Crippen LogP contribution in [0.2, 0.25) is 0 Å². The molecule has 0 saturated heterocycles. The Morgan fingerprint density at radius 3 is 2.61 bits per heavy atom. The lowest BCUT2D eigenvalue weighted by molar-refractivity contribution is -0.146. The minimum atomic E-state index is -0.547. The molecule has 33 heavy (non-hydrogen) atoms. The third kappa shape index (κ3) is 3.26. The van der Waals surface area contributed by atoms with Gasteiger partial charge in [0.2, 0.25) is 6.79 Å². The van der Waals surface area contributed by atoms with Crippen LogP contribution in [-0.4, -0.2) is 30.4 Å². The number of para-hydroxylation sites is 1. The molecule has 0 fully saturated rings. The van der Waals surface area contributed by atoms with Crippen molar-refractivity contribution in [3.63, 3.8) is 0 Å². The molecule has 0 aliphatic carbocycles. The summed E-state index contributed by atoms with van der Waals surface area (Å²) in [7, 11) is 0. The fourth-order valence-corrected chi connectivity index (χ4v) is 5.08. The number of aromatic nitrogens is 1. The van der Waals surface area contributed by atoms with E-state index >= 15 is 0 Å². The first-order chi connectivity index (χ1) is 16.2. The van der Waals surface area contributed by atoms with Crippen molar-refractivity contribution in [2.75, 3.05) is 13.4 Å². The Morgan fingerprint density at radius 2 is 1.76 bits per heavy atom. The molecule has 0 amide bonds. The number of H-pyrrole nitrogens is 1. The molecule has 3 atom stereocenters. The van der Waals surface area contributed by atoms with Crippen LogP contribution in [0.1, 0.15) is 41.3 Å². The molecule has 2 N–H and O–H groups in total. The zero-order valence-corrected chi connectivity index (χ0v) is 18.2. The van der Waals surface area contributed by atoms with E-state index in [9.17, 15) is 4.79 Å². The number of rotatable bonds is 4. The molecule has 2 aliphatic heterocycles. The van der Waals surface area contributed by atoms with Gasteiger partial charge in [-0.2, -0.15) is 0 Å². The Morgan fingerprint density at radius 1 is 0.970 bits per heavy atom. The molecule has 3 aromatic carbocycles. The molecular weight excluding hydrogens is 416 g/mol. The molecule has 0 bridgehead atoms. The predicted octanol–water partition coefficient (Wildman–Crippen LogP) is 4.65. The van der Waals surface area contributed by atoms with Gasteiger partial charge in [-0.25, -0.2) is 0 Å². The van der Waals surface area contributed by atoms with E-state index in [2.05, 4.69) is 34.6 Å². The Hall–Kier alpha value is -3.77. The molecule has 4 aromatic rings. The number of hydrogen-bond acceptors (Lipinski definition) is 5. The molecule has 1 aromatic heterocycles. The van der Waals surface area contributed by atoms with E-state index in [-0.39, 0.29) is 24.7 Å². The number of hydrogen-bond donors (Lipinski definition) is 2. The summed E-state index contributed by atoms with van der Waals surface area (Å²) in [4.78, 5) is 16.9.